The number of hydrogen-bond donors (Lipinski definition) is 1. The molecular formula is C8H14N6O. The fourth-order valence-electron chi connectivity index (χ4n) is 1.70. The van der Waals surface area contributed by atoms with Gasteiger partial charge >= 0.3 is 0 Å². The molecule has 2 rings (SSSR count). The van der Waals surface area contributed by atoms with Crippen molar-refractivity contribution < 1.29 is 4.79 Å². The first-order valence-electron chi connectivity index (χ1n) is 5.07. The van der Waals surface area contributed by atoms with Crippen LogP contribution in [0.25, 0.3) is 0 Å². The average molecular weight is 210 g/mol. The first kappa shape index (κ1) is 9.88. The molecule has 7 heteroatoms. The second-order valence-corrected chi connectivity index (χ2v) is 3.64. The van der Waals surface area contributed by atoms with Crippen molar-refractivity contribution in [1.29, 1.82) is 0 Å². The minimum Gasteiger partial charge on any atom is -0.367 e. The minimum atomic E-state index is 0.0358. The molecule has 0 atom stereocenters. The number of nitrogens with zero attached hydrogens (tertiary/aromatic N) is 5. The van der Waals surface area contributed by atoms with Crippen LogP contribution in [0.4, 0.5) is 5.95 Å². The number of carbonyl (C=O) groups is 1. The Morgan fingerprint density at radius 1 is 1.33 bits per heavy atom. The van der Waals surface area contributed by atoms with Gasteiger partial charge in [0, 0.05) is 13.1 Å². The second-order valence-electron chi connectivity index (χ2n) is 3.64. The van der Waals surface area contributed by atoms with Gasteiger partial charge in [-0.3, -0.25) is 4.79 Å². The summed E-state index contributed by atoms with van der Waals surface area (Å²) in [6.45, 7) is 1.81. The number of amides is 1. The molecule has 7 nitrogen and oxygen atoms in total. The summed E-state index contributed by atoms with van der Waals surface area (Å²) in [5, 5.41) is 10.5. The van der Waals surface area contributed by atoms with Crippen LogP contribution in [0.15, 0.2) is 0 Å². The fourth-order valence-corrected chi connectivity index (χ4v) is 1.70. The third-order valence-corrected chi connectivity index (χ3v) is 2.55. The summed E-state index contributed by atoms with van der Waals surface area (Å²) in [6.07, 6.45) is 3.37. The fraction of sp³-hybridized carbons (Fsp3) is 0.750. The third kappa shape index (κ3) is 2.23. The molecule has 0 radical (unpaired) electrons. The van der Waals surface area contributed by atoms with Gasteiger partial charge in [0.25, 0.3) is 0 Å². The summed E-state index contributed by atoms with van der Waals surface area (Å²) in [4.78, 5) is 13.6. The van der Waals surface area contributed by atoms with E-state index in [4.69, 9.17) is 5.73 Å². The van der Waals surface area contributed by atoms with Crippen LogP contribution in [0, 0.1) is 0 Å². The number of likely N-dealkylation sites (tertiary alicyclic amines) is 1. The Labute approximate surface area is 87.2 Å². The summed E-state index contributed by atoms with van der Waals surface area (Å²) in [7, 11) is 0. The van der Waals surface area contributed by atoms with Gasteiger partial charge in [0.1, 0.15) is 6.54 Å². The van der Waals surface area contributed by atoms with Gasteiger partial charge in [0.15, 0.2) is 0 Å². The zero-order valence-electron chi connectivity index (χ0n) is 8.46. The topological polar surface area (TPSA) is 89.9 Å². The molecule has 1 saturated heterocycles. The molecule has 1 fully saturated rings. The van der Waals surface area contributed by atoms with Crippen molar-refractivity contribution in [1.82, 2.24) is 25.1 Å². The number of tetrazole rings is 1. The van der Waals surface area contributed by atoms with Gasteiger partial charge in [0.05, 0.1) is 0 Å². The van der Waals surface area contributed by atoms with Crippen LogP contribution in [0.5, 0.6) is 0 Å². The first-order valence-corrected chi connectivity index (χ1v) is 5.07. The van der Waals surface area contributed by atoms with Gasteiger partial charge in [-0.05, 0) is 29.7 Å². The predicted octanol–water partition coefficient (Wildman–Crippen LogP) is -0.732. The van der Waals surface area contributed by atoms with E-state index in [-0.39, 0.29) is 18.4 Å². The summed E-state index contributed by atoms with van der Waals surface area (Å²) in [5.41, 5.74) is 5.47. The molecule has 1 aromatic rings. The Morgan fingerprint density at radius 3 is 2.67 bits per heavy atom. The molecule has 82 valence electrons. The Kier molecular flexibility index (Phi) is 2.79. The largest absolute Gasteiger partial charge is 0.367 e. The number of hydrogen-bond acceptors (Lipinski definition) is 5. The van der Waals surface area contributed by atoms with E-state index in [1.807, 2.05) is 4.90 Å². The molecule has 0 aromatic carbocycles. The van der Waals surface area contributed by atoms with Gasteiger partial charge in [0.2, 0.25) is 11.9 Å². The van der Waals surface area contributed by atoms with Gasteiger partial charge < -0.3 is 10.6 Å². The maximum Gasteiger partial charge on any atom is 0.244 e. The second kappa shape index (κ2) is 4.24. The molecule has 0 bridgehead atoms. The van der Waals surface area contributed by atoms with E-state index < -0.39 is 0 Å². The molecule has 1 aliphatic heterocycles. The molecular weight excluding hydrogens is 196 g/mol. The predicted molar refractivity (Wildman–Crippen MR) is 52.7 cm³/mol. The zero-order chi connectivity index (χ0) is 10.7. The van der Waals surface area contributed by atoms with E-state index in [1.54, 1.807) is 0 Å². The molecule has 0 spiro atoms. The number of nitrogens with two attached hydrogens (primary N) is 1. The highest BCUT2D eigenvalue weighted by Crippen LogP contribution is 2.09. The molecule has 1 amide bonds. The molecule has 1 aromatic heterocycles. The van der Waals surface area contributed by atoms with Crippen LogP contribution in [0.2, 0.25) is 0 Å². The van der Waals surface area contributed by atoms with Crippen LogP contribution >= 0.6 is 0 Å². The van der Waals surface area contributed by atoms with Gasteiger partial charge in [-0.25, -0.2) is 4.68 Å². The standard InChI is InChI=1S/C8H14N6O/c9-8-10-11-12-14(8)6-7(15)13-4-2-1-3-5-13/h1-6H2,(H2,9,10,12). The summed E-state index contributed by atoms with van der Waals surface area (Å²) >= 11 is 0. The van der Waals surface area contributed by atoms with Crippen LogP contribution < -0.4 is 5.73 Å². The van der Waals surface area contributed by atoms with Crippen LogP contribution in [0.3, 0.4) is 0 Å². The van der Waals surface area contributed by atoms with E-state index in [0.29, 0.717) is 0 Å². The number of aromatic nitrogens is 4. The van der Waals surface area contributed by atoms with E-state index in [0.717, 1.165) is 25.9 Å². The van der Waals surface area contributed by atoms with Crippen molar-refractivity contribution in [2.75, 3.05) is 18.8 Å². The molecule has 15 heavy (non-hydrogen) atoms. The van der Waals surface area contributed by atoms with Crippen molar-refractivity contribution in [3.8, 4) is 0 Å². The normalized spacial score (nSPS) is 16.7. The Bertz CT molecular complexity index is 343. The Balaban J connectivity index is 1.94. The zero-order valence-corrected chi connectivity index (χ0v) is 8.46. The summed E-state index contributed by atoms with van der Waals surface area (Å²) in [6, 6.07) is 0. The van der Waals surface area contributed by atoms with Crippen LogP contribution in [0.1, 0.15) is 19.3 Å². The SMILES string of the molecule is Nc1nnnn1CC(=O)N1CCCCC1. The lowest BCUT2D eigenvalue weighted by molar-refractivity contribution is -0.132. The number of anilines is 1. The maximum absolute atomic E-state index is 11.8. The number of piperidine rings is 1. The van der Waals surface area contributed by atoms with Crippen LogP contribution in [-0.4, -0.2) is 44.1 Å². The Morgan fingerprint density at radius 2 is 2.07 bits per heavy atom. The van der Waals surface area contributed by atoms with E-state index in [9.17, 15) is 4.79 Å². The summed E-state index contributed by atoms with van der Waals surface area (Å²) < 4.78 is 1.32. The van der Waals surface area contributed by atoms with E-state index >= 15 is 0 Å². The highest BCUT2D eigenvalue weighted by atomic mass is 16.2. The van der Waals surface area contributed by atoms with Gasteiger partial charge in [-0.1, -0.05) is 5.10 Å². The highest BCUT2D eigenvalue weighted by molar-refractivity contribution is 5.76. The Hall–Kier alpha value is -1.66. The van der Waals surface area contributed by atoms with E-state index in [2.05, 4.69) is 15.5 Å². The van der Waals surface area contributed by atoms with Gasteiger partial charge in [-0.15, -0.1) is 0 Å². The van der Waals surface area contributed by atoms with Crippen molar-refractivity contribution >= 4 is 11.9 Å². The lowest BCUT2D eigenvalue weighted by atomic mass is 10.1. The molecule has 0 aliphatic carbocycles. The monoisotopic (exact) mass is 210 g/mol. The average Bonchev–Trinajstić information content (AvgIpc) is 2.66. The number of carbonyl (C=O) groups excluding carboxylic acids is 1. The third-order valence-electron chi connectivity index (χ3n) is 2.55. The van der Waals surface area contributed by atoms with Crippen molar-refractivity contribution in [2.24, 2.45) is 0 Å². The molecule has 0 saturated carbocycles. The minimum absolute atomic E-state index is 0.0358. The maximum atomic E-state index is 11.8. The van der Waals surface area contributed by atoms with Crippen LogP contribution in [-0.2, 0) is 11.3 Å². The highest BCUT2D eigenvalue weighted by Gasteiger charge is 2.17. The van der Waals surface area contributed by atoms with Crippen molar-refractivity contribution in [3.05, 3.63) is 0 Å². The molecule has 2 N–H and O–H groups in total. The summed E-state index contributed by atoms with van der Waals surface area (Å²) in [5.74, 6) is 0.217. The quantitative estimate of drug-likeness (QED) is 0.694. The van der Waals surface area contributed by atoms with E-state index in [1.165, 1.54) is 11.1 Å². The lowest BCUT2D eigenvalue weighted by Crippen LogP contribution is -2.38. The number of rotatable bonds is 2. The first-order chi connectivity index (χ1) is 7.27. The lowest BCUT2D eigenvalue weighted by Gasteiger charge is -2.26. The molecule has 0 unspecified atom stereocenters. The van der Waals surface area contributed by atoms with Crippen molar-refractivity contribution in [3.63, 3.8) is 0 Å². The van der Waals surface area contributed by atoms with Crippen molar-refractivity contribution in [2.45, 2.75) is 25.8 Å². The smallest absolute Gasteiger partial charge is 0.244 e. The number of nitrogen functional groups attached to an aromatic ring is 1. The molecule has 2 heterocycles. The van der Waals surface area contributed by atoms with Gasteiger partial charge in [-0.2, -0.15) is 0 Å². The molecule has 1 aliphatic rings.